The van der Waals surface area contributed by atoms with E-state index in [0.717, 1.165) is 45.8 Å². The van der Waals surface area contributed by atoms with Crippen molar-refractivity contribution >= 4 is 17.4 Å². The van der Waals surface area contributed by atoms with Crippen LogP contribution in [0.2, 0.25) is 0 Å². The summed E-state index contributed by atoms with van der Waals surface area (Å²) in [4.78, 5) is 16.0. The number of ether oxygens (including phenoxy) is 1. The number of hydrogen-bond donors (Lipinski definition) is 2. The van der Waals surface area contributed by atoms with Crippen molar-refractivity contribution in [1.82, 2.24) is 15.5 Å². The third kappa shape index (κ3) is 5.19. The molecule has 1 saturated heterocycles. The van der Waals surface area contributed by atoms with Gasteiger partial charge in [0.2, 0.25) is 0 Å². The largest absolute Gasteiger partial charge is 0.379 e. The number of carbonyl (C=O) groups excluding carboxylic acids is 1. The summed E-state index contributed by atoms with van der Waals surface area (Å²) in [5.74, 6) is 0.586. The van der Waals surface area contributed by atoms with Crippen LogP contribution in [0.5, 0.6) is 0 Å². The Morgan fingerprint density at radius 1 is 1.33 bits per heavy atom. The number of rotatable bonds is 7. The number of thiophene rings is 1. The van der Waals surface area contributed by atoms with E-state index < -0.39 is 0 Å². The van der Waals surface area contributed by atoms with Gasteiger partial charge in [-0.25, -0.2) is 4.79 Å². The lowest BCUT2D eigenvalue weighted by molar-refractivity contribution is 0.0375. The molecule has 5 nitrogen and oxygen atoms in total. The Balaban J connectivity index is 1.40. The summed E-state index contributed by atoms with van der Waals surface area (Å²) >= 11 is 1.75. The Morgan fingerprint density at radius 2 is 2.12 bits per heavy atom. The number of amides is 2. The Labute approximate surface area is 148 Å². The minimum Gasteiger partial charge on any atom is -0.379 e. The van der Waals surface area contributed by atoms with Gasteiger partial charge in [0.05, 0.1) is 19.3 Å². The van der Waals surface area contributed by atoms with Gasteiger partial charge in [-0.15, -0.1) is 11.3 Å². The number of nitrogens with one attached hydrogen (secondary N) is 2. The molecule has 2 aliphatic rings. The van der Waals surface area contributed by atoms with Gasteiger partial charge in [0, 0.05) is 24.5 Å². The van der Waals surface area contributed by atoms with E-state index in [0.29, 0.717) is 5.92 Å². The standard InChI is InChI=1S/C18H29N3O2S/c22-18(19-8-4-9-21-10-12-23-13-11-21)20-17(15-5-1-2-6-15)16-7-3-14-24-16/h3,7,14-15,17H,1-2,4-6,8-13H2,(H2,19,20,22). The summed E-state index contributed by atoms with van der Waals surface area (Å²) in [6.45, 7) is 5.43. The van der Waals surface area contributed by atoms with E-state index in [9.17, 15) is 4.79 Å². The van der Waals surface area contributed by atoms with E-state index in [1.807, 2.05) is 0 Å². The number of carbonyl (C=O) groups is 1. The van der Waals surface area contributed by atoms with Gasteiger partial charge in [-0.3, -0.25) is 4.90 Å². The molecule has 24 heavy (non-hydrogen) atoms. The number of nitrogens with zero attached hydrogens (tertiary/aromatic N) is 1. The van der Waals surface area contributed by atoms with Crippen molar-refractivity contribution < 1.29 is 9.53 Å². The zero-order chi connectivity index (χ0) is 16.6. The van der Waals surface area contributed by atoms with E-state index in [2.05, 4.69) is 33.0 Å². The minimum atomic E-state index is -0.0257. The third-order valence-corrected chi connectivity index (χ3v) is 6.00. The van der Waals surface area contributed by atoms with Gasteiger partial charge < -0.3 is 15.4 Å². The van der Waals surface area contributed by atoms with Crippen molar-refractivity contribution in [1.29, 1.82) is 0 Å². The van der Waals surface area contributed by atoms with Crippen molar-refractivity contribution in [3.05, 3.63) is 22.4 Å². The quantitative estimate of drug-likeness (QED) is 0.743. The molecule has 3 rings (SSSR count). The first-order valence-corrected chi connectivity index (χ1v) is 10.1. The molecule has 2 heterocycles. The normalized spacial score (nSPS) is 20.8. The van der Waals surface area contributed by atoms with Crippen LogP contribution in [0.1, 0.15) is 43.0 Å². The Kier molecular flexibility index (Phi) is 6.93. The second kappa shape index (κ2) is 9.39. The fourth-order valence-electron chi connectivity index (χ4n) is 3.70. The third-order valence-electron chi connectivity index (χ3n) is 5.05. The Morgan fingerprint density at radius 3 is 2.83 bits per heavy atom. The molecule has 2 fully saturated rings. The maximum absolute atomic E-state index is 12.3. The number of hydrogen-bond acceptors (Lipinski definition) is 4. The van der Waals surface area contributed by atoms with E-state index in [1.165, 1.54) is 30.6 Å². The van der Waals surface area contributed by atoms with Crippen molar-refractivity contribution in [2.75, 3.05) is 39.4 Å². The SMILES string of the molecule is O=C(NCCCN1CCOCC1)NC(c1cccs1)C1CCCC1. The lowest BCUT2D eigenvalue weighted by atomic mass is 9.97. The average Bonchev–Trinajstić information content (AvgIpc) is 3.31. The molecule has 0 aromatic carbocycles. The lowest BCUT2D eigenvalue weighted by Crippen LogP contribution is -2.42. The molecule has 1 aromatic heterocycles. The zero-order valence-electron chi connectivity index (χ0n) is 14.3. The van der Waals surface area contributed by atoms with Gasteiger partial charge in [0.25, 0.3) is 0 Å². The second-order valence-corrected chi connectivity index (χ2v) is 7.72. The monoisotopic (exact) mass is 351 g/mol. The molecule has 1 aromatic rings. The van der Waals surface area contributed by atoms with Crippen LogP contribution in [-0.4, -0.2) is 50.3 Å². The fourth-order valence-corrected chi connectivity index (χ4v) is 4.57. The van der Waals surface area contributed by atoms with Gasteiger partial charge in [-0.1, -0.05) is 18.9 Å². The zero-order valence-corrected chi connectivity index (χ0v) is 15.2. The molecule has 1 aliphatic carbocycles. The van der Waals surface area contributed by atoms with Crippen LogP contribution in [0.4, 0.5) is 4.79 Å². The topological polar surface area (TPSA) is 53.6 Å². The van der Waals surface area contributed by atoms with Crippen molar-refractivity contribution in [3.8, 4) is 0 Å². The summed E-state index contributed by atoms with van der Waals surface area (Å²) in [6, 6.07) is 4.37. The lowest BCUT2D eigenvalue weighted by Gasteiger charge is -2.26. The van der Waals surface area contributed by atoms with Gasteiger partial charge >= 0.3 is 6.03 Å². The highest BCUT2D eigenvalue weighted by molar-refractivity contribution is 7.10. The van der Waals surface area contributed by atoms with E-state index in [1.54, 1.807) is 11.3 Å². The van der Waals surface area contributed by atoms with Crippen molar-refractivity contribution in [3.63, 3.8) is 0 Å². The molecule has 2 amide bonds. The van der Waals surface area contributed by atoms with Gasteiger partial charge in [0.1, 0.15) is 0 Å². The molecule has 1 unspecified atom stereocenters. The van der Waals surface area contributed by atoms with E-state index >= 15 is 0 Å². The molecule has 134 valence electrons. The first kappa shape index (κ1) is 17.7. The minimum absolute atomic E-state index is 0.0257. The molecule has 6 heteroatoms. The Bertz CT molecular complexity index is 482. The van der Waals surface area contributed by atoms with Crippen molar-refractivity contribution in [2.45, 2.75) is 38.1 Å². The van der Waals surface area contributed by atoms with Crippen LogP contribution in [0.3, 0.4) is 0 Å². The summed E-state index contributed by atoms with van der Waals surface area (Å²) in [6.07, 6.45) is 6.01. The van der Waals surface area contributed by atoms with Crippen LogP contribution >= 0.6 is 11.3 Å². The van der Waals surface area contributed by atoms with Crippen LogP contribution in [0.25, 0.3) is 0 Å². The molecular formula is C18H29N3O2S. The Hall–Kier alpha value is -1.11. The predicted octanol–water partition coefficient (Wildman–Crippen LogP) is 3.00. The summed E-state index contributed by atoms with van der Waals surface area (Å²) in [7, 11) is 0. The van der Waals surface area contributed by atoms with E-state index in [-0.39, 0.29) is 12.1 Å². The molecule has 2 N–H and O–H groups in total. The first-order valence-electron chi connectivity index (χ1n) is 9.21. The molecule has 0 bridgehead atoms. The molecule has 1 saturated carbocycles. The average molecular weight is 352 g/mol. The maximum atomic E-state index is 12.3. The second-order valence-electron chi connectivity index (χ2n) is 6.75. The molecule has 0 radical (unpaired) electrons. The van der Waals surface area contributed by atoms with Gasteiger partial charge in [-0.2, -0.15) is 0 Å². The fraction of sp³-hybridized carbons (Fsp3) is 0.722. The highest BCUT2D eigenvalue weighted by Gasteiger charge is 2.28. The predicted molar refractivity (Wildman–Crippen MR) is 97.4 cm³/mol. The summed E-state index contributed by atoms with van der Waals surface area (Å²) in [5, 5.41) is 8.36. The van der Waals surface area contributed by atoms with Crippen LogP contribution in [0.15, 0.2) is 17.5 Å². The van der Waals surface area contributed by atoms with Crippen LogP contribution < -0.4 is 10.6 Å². The highest BCUT2D eigenvalue weighted by Crippen LogP contribution is 2.37. The van der Waals surface area contributed by atoms with Gasteiger partial charge in [0.15, 0.2) is 0 Å². The van der Waals surface area contributed by atoms with E-state index in [4.69, 9.17) is 4.74 Å². The molecule has 1 atom stereocenters. The van der Waals surface area contributed by atoms with Crippen LogP contribution in [0, 0.1) is 5.92 Å². The molecule has 1 aliphatic heterocycles. The number of urea groups is 1. The smallest absolute Gasteiger partial charge is 0.315 e. The summed E-state index contributed by atoms with van der Waals surface area (Å²) in [5.41, 5.74) is 0. The summed E-state index contributed by atoms with van der Waals surface area (Å²) < 4.78 is 5.35. The highest BCUT2D eigenvalue weighted by atomic mass is 32.1. The maximum Gasteiger partial charge on any atom is 0.315 e. The van der Waals surface area contributed by atoms with Gasteiger partial charge in [-0.05, 0) is 43.2 Å². The molecule has 0 spiro atoms. The van der Waals surface area contributed by atoms with Crippen LogP contribution in [-0.2, 0) is 4.74 Å². The van der Waals surface area contributed by atoms with Crippen molar-refractivity contribution in [2.24, 2.45) is 5.92 Å². The number of morpholine rings is 1. The molecular weight excluding hydrogens is 322 g/mol. The first-order chi connectivity index (χ1) is 11.8.